The average Bonchev–Trinajstić information content (AvgIpc) is 2.42. The summed E-state index contributed by atoms with van der Waals surface area (Å²) >= 11 is 0. The van der Waals surface area contributed by atoms with Gasteiger partial charge in [-0.05, 0) is 12.1 Å². The van der Waals surface area contributed by atoms with E-state index >= 15 is 0 Å². The largest absolute Gasteiger partial charge is 0.465 e. The van der Waals surface area contributed by atoms with Crippen molar-refractivity contribution in [1.82, 2.24) is 4.98 Å². The van der Waals surface area contributed by atoms with Crippen LogP contribution in [-0.2, 0) is 0 Å². The number of oxazole rings is 1. The van der Waals surface area contributed by atoms with Crippen LogP contribution in [0.3, 0.4) is 0 Å². The highest BCUT2D eigenvalue weighted by Crippen LogP contribution is 2.15. The third kappa shape index (κ3) is 1.45. The van der Waals surface area contributed by atoms with Gasteiger partial charge in [0.15, 0.2) is 5.58 Å². The van der Waals surface area contributed by atoms with Gasteiger partial charge in [-0.25, -0.2) is 9.59 Å². The molecule has 6 nitrogen and oxygen atoms in total. The smallest absolute Gasteiger partial charge is 0.417 e. The Bertz CT molecular complexity index is 540. The number of aromatic nitrogens is 1. The summed E-state index contributed by atoms with van der Waals surface area (Å²) in [7, 11) is 0. The first-order valence-corrected chi connectivity index (χ1v) is 3.78. The average molecular weight is 194 g/mol. The molecule has 0 aliphatic heterocycles. The van der Waals surface area contributed by atoms with Gasteiger partial charge in [0.05, 0.1) is 5.52 Å². The fourth-order valence-electron chi connectivity index (χ4n) is 1.15. The highest BCUT2D eigenvalue weighted by molar-refractivity contribution is 5.86. The van der Waals surface area contributed by atoms with Crippen molar-refractivity contribution >= 4 is 22.9 Å². The lowest BCUT2D eigenvalue weighted by molar-refractivity contribution is 0.210. The Balaban J connectivity index is 2.50. The van der Waals surface area contributed by atoms with Crippen LogP contribution in [0.4, 0.5) is 10.5 Å². The number of hydrogen-bond acceptors (Lipinski definition) is 3. The minimum absolute atomic E-state index is 0.321. The van der Waals surface area contributed by atoms with Gasteiger partial charge in [0.25, 0.3) is 0 Å². The molecule has 72 valence electrons. The van der Waals surface area contributed by atoms with Crippen molar-refractivity contribution in [1.29, 1.82) is 0 Å². The molecule has 0 aliphatic rings. The van der Waals surface area contributed by atoms with Crippen molar-refractivity contribution in [3.05, 3.63) is 28.7 Å². The Morgan fingerprint density at radius 2 is 2.29 bits per heavy atom. The van der Waals surface area contributed by atoms with Crippen molar-refractivity contribution in [2.75, 3.05) is 5.32 Å². The summed E-state index contributed by atoms with van der Waals surface area (Å²) in [4.78, 5) is 23.5. The molecule has 2 rings (SSSR count). The summed E-state index contributed by atoms with van der Waals surface area (Å²) in [5, 5.41) is 10.6. The molecule has 0 bridgehead atoms. The molecule has 0 fully saturated rings. The van der Waals surface area contributed by atoms with Gasteiger partial charge in [-0.3, -0.25) is 10.3 Å². The van der Waals surface area contributed by atoms with Gasteiger partial charge >= 0.3 is 11.8 Å². The SMILES string of the molecule is O=C(O)Nc1ccc2[nH]c(=O)oc2c1. The molecule has 2 aromatic rings. The van der Waals surface area contributed by atoms with Gasteiger partial charge in [0, 0.05) is 11.8 Å². The van der Waals surface area contributed by atoms with E-state index in [2.05, 4.69) is 10.3 Å². The Hall–Kier alpha value is -2.24. The number of carboxylic acid groups (broad SMARTS) is 1. The first kappa shape index (κ1) is 8.36. The molecule has 6 heteroatoms. The summed E-state index contributed by atoms with van der Waals surface area (Å²) in [5.41, 5.74) is 1.21. The predicted molar refractivity (Wildman–Crippen MR) is 48.5 cm³/mol. The summed E-state index contributed by atoms with van der Waals surface area (Å²) in [6.45, 7) is 0. The third-order valence-electron chi connectivity index (χ3n) is 1.67. The van der Waals surface area contributed by atoms with Gasteiger partial charge in [-0.15, -0.1) is 0 Å². The maximum Gasteiger partial charge on any atom is 0.417 e. The quantitative estimate of drug-likeness (QED) is 0.635. The van der Waals surface area contributed by atoms with E-state index in [1.54, 1.807) is 6.07 Å². The lowest BCUT2D eigenvalue weighted by Gasteiger charge is -1.98. The van der Waals surface area contributed by atoms with Crippen LogP contribution in [0.15, 0.2) is 27.4 Å². The minimum atomic E-state index is -1.16. The number of anilines is 1. The van der Waals surface area contributed by atoms with E-state index in [0.717, 1.165) is 0 Å². The first-order valence-electron chi connectivity index (χ1n) is 3.78. The molecule has 1 heterocycles. The molecule has 1 amide bonds. The zero-order valence-electron chi connectivity index (χ0n) is 6.90. The Labute approximate surface area is 77.2 Å². The number of amides is 1. The van der Waals surface area contributed by atoms with E-state index in [4.69, 9.17) is 9.52 Å². The molecule has 0 saturated carbocycles. The fourth-order valence-corrected chi connectivity index (χ4v) is 1.15. The predicted octanol–water partition coefficient (Wildman–Crippen LogP) is 1.21. The normalized spacial score (nSPS) is 10.3. The number of nitrogens with one attached hydrogen (secondary N) is 2. The zero-order chi connectivity index (χ0) is 10.1. The minimum Gasteiger partial charge on any atom is -0.465 e. The number of rotatable bonds is 1. The number of fused-ring (bicyclic) bond motifs is 1. The van der Waals surface area contributed by atoms with Crippen LogP contribution >= 0.6 is 0 Å². The van der Waals surface area contributed by atoms with Crippen LogP contribution in [0.25, 0.3) is 11.1 Å². The van der Waals surface area contributed by atoms with E-state index in [-0.39, 0.29) is 0 Å². The number of aromatic amines is 1. The first-order chi connectivity index (χ1) is 6.65. The van der Waals surface area contributed by atoms with E-state index < -0.39 is 11.8 Å². The van der Waals surface area contributed by atoms with Crippen molar-refractivity contribution < 1.29 is 14.3 Å². The summed E-state index contributed by atoms with van der Waals surface area (Å²) in [5.74, 6) is -0.563. The van der Waals surface area contributed by atoms with Crippen LogP contribution in [0, 0.1) is 0 Å². The van der Waals surface area contributed by atoms with E-state index in [1.807, 2.05) is 0 Å². The van der Waals surface area contributed by atoms with Crippen LogP contribution in [0.2, 0.25) is 0 Å². The van der Waals surface area contributed by atoms with Gasteiger partial charge in [0.1, 0.15) is 0 Å². The Kier molecular flexibility index (Phi) is 1.74. The van der Waals surface area contributed by atoms with Gasteiger partial charge in [-0.1, -0.05) is 0 Å². The second-order valence-corrected chi connectivity index (χ2v) is 2.66. The summed E-state index contributed by atoms with van der Waals surface area (Å²) in [6, 6.07) is 4.52. The van der Waals surface area contributed by atoms with Gasteiger partial charge in [0.2, 0.25) is 0 Å². The second kappa shape index (κ2) is 2.91. The third-order valence-corrected chi connectivity index (χ3v) is 1.67. The van der Waals surface area contributed by atoms with Crippen LogP contribution in [0.1, 0.15) is 0 Å². The molecule has 0 saturated heterocycles. The fraction of sp³-hybridized carbons (Fsp3) is 0. The molecular formula is C8H6N2O4. The van der Waals surface area contributed by atoms with E-state index in [9.17, 15) is 9.59 Å². The second-order valence-electron chi connectivity index (χ2n) is 2.66. The lowest BCUT2D eigenvalue weighted by atomic mass is 10.3. The van der Waals surface area contributed by atoms with Crippen LogP contribution in [-0.4, -0.2) is 16.2 Å². The highest BCUT2D eigenvalue weighted by atomic mass is 16.4. The topological polar surface area (TPSA) is 95.3 Å². The molecule has 0 aliphatic carbocycles. The van der Waals surface area contributed by atoms with Crippen molar-refractivity contribution in [3.63, 3.8) is 0 Å². The molecule has 0 atom stereocenters. The van der Waals surface area contributed by atoms with Gasteiger partial charge in [-0.2, -0.15) is 0 Å². The highest BCUT2D eigenvalue weighted by Gasteiger charge is 2.03. The molecule has 3 N–H and O–H groups in total. The Morgan fingerprint density at radius 1 is 1.50 bits per heavy atom. The molecule has 0 radical (unpaired) electrons. The van der Waals surface area contributed by atoms with E-state index in [1.165, 1.54) is 12.1 Å². The number of carbonyl (C=O) groups is 1. The maximum atomic E-state index is 10.8. The summed E-state index contributed by atoms with van der Waals surface area (Å²) < 4.78 is 4.75. The maximum absolute atomic E-state index is 10.8. The molecule has 14 heavy (non-hydrogen) atoms. The lowest BCUT2D eigenvalue weighted by Crippen LogP contribution is -2.06. The standard InChI is InChI=1S/C8H6N2O4/c11-7(12)9-4-1-2-5-6(3-4)14-8(13)10-5/h1-3,9H,(H,10,13)(H,11,12). The van der Waals surface area contributed by atoms with Crippen molar-refractivity contribution in [2.24, 2.45) is 0 Å². The van der Waals surface area contributed by atoms with Gasteiger partial charge < -0.3 is 9.52 Å². The zero-order valence-corrected chi connectivity index (χ0v) is 6.90. The monoisotopic (exact) mass is 194 g/mol. The molecule has 0 unspecified atom stereocenters. The Morgan fingerprint density at radius 3 is 3.00 bits per heavy atom. The molecular weight excluding hydrogens is 188 g/mol. The number of benzene rings is 1. The summed E-state index contributed by atoms with van der Waals surface area (Å²) in [6.07, 6.45) is -1.16. The van der Waals surface area contributed by atoms with Crippen LogP contribution in [0.5, 0.6) is 0 Å². The number of hydrogen-bond donors (Lipinski definition) is 3. The molecule has 1 aromatic heterocycles. The van der Waals surface area contributed by atoms with Crippen LogP contribution < -0.4 is 11.1 Å². The van der Waals surface area contributed by atoms with E-state index in [0.29, 0.717) is 16.8 Å². The van der Waals surface area contributed by atoms with Crippen molar-refractivity contribution in [2.45, 2.75) is 0 Å². The van der Waals surface area contributed by atoms with Crippen molar-refractivity contribution in [3.8, 4) is 0 Å². The number of H-pyrrole nitrogens is 1. The molecule has 1 aromatic carbocycles. The molecule has 0 spiro atoms.